The summed E-state index contributed by atoms with van der Waals surface area (Å²) in [6, 6.07) is 0.0862. The van der Waals surface area contributed by atoms with Crippen molar-refractivity contribution >= 4 is 11.8 Å². The van der Waals surface area contributed by atoms with Crippen molar-refractivity contribution in [3.8, 4) is 0 Å². The van der Waals surface area contributed by atoms with Crippen LogP contribution in [0.5, 0.6) is 0 Å². The van der Waals surface area contributed by atoms with Crippen LogP contribution in [0.3, 0.4) is 0 Å². The van der Waals surface area contributed by atoms with Crippen LogP contribution < -0.4 is 10.6 Å². The van der Waals surface area contributed by atoms with Gasteiger partial charge in [0.15, 0.2) is 0 Å². The second-order valence-electron chi connectivity index (χ2n) is 4.19. The molecule has 0 aromatic carbocycles. The van der Waals surface area contributed by atoms with E-state index in [1.165, 1.54) is 0 Å². The van der Waals surface area contributed by atoms with Crippen molar-refractivity contribution < 1.29 is 14.3 Å². The third kappa shape index (κ3) is 4.61. The molecule has 0 bridgehead atoms. The van der Waals surface area contributed by atoms with Crippen LogP contribution in [0.25, 0.3) is 0 Å². The first-order valence-corrected chi connectivity index (χ1v) is 5.70. The first kappa shape index (κ1) is 13.0. The van der Waals surface area contributed by atoms with Crippen LogP contribution in [-0.2, 0) is 14.3 Å². The van der Waals surface area contributed by atoms with Gasteiger partial charge in [0.1, 0.15) is 0 Å². The second kappa shape index (κ2) is 6.48. The molecule has 5 nitrogen and oxygen atoms in total. The van der Waals surface area contributed by atoms with Crippen molar-refractivity contribution in [3.05, 3.63) is 0 Å². The highest BCUT2D eigenvalue weighted by Crippen LogP contribution is 2.04. The number of carbonyl (C=O) groups excluding carboxylic acids is 2. The molecule has 0 aromatic heterocycles. The summed E-state index contributed by atoms with van der Waals surface area (Å²) in [6.07, 6.45) is 2.54. The molecule has 0 saturated carbocycles. The monoisotopic (exact) mass is 228 g/mol. The molecule has 0 spiro atoms. The van der Waals surface area contributed by atoms with E-state index >= 15 is 0 Å². The van der Waals surface area contributed by atoms with Gasteiger partial charge in [-0.3, -0.25) is 9.59 Å². The summed E-state index contributed by atoms with van der Waals surface area (Å²) in [5, 5.41) is 5.64. The summed E-state index contributed by atoms with van der Waals surface area (Å²) in [4.78, 5) is 22.4. The van der Waals surface area contributed by atoms with Crippen LogP contribution in [0.1, 0.15) is 32.6 Å². The zero-order chi connectivity index (χ0) is 12.0. The van der Waals surface area contributed by atoms with Crippen molar-refractivity contribution in [3.63, 3.8) is 0 Å². The minimum Gasteiger partial charge on any atom is -0.382 e. The Hall–Kier alpha value is -1.10. The predicted octanol–water partition coefficient (Wildman–Crippen LogP) is 0.196. The third-order valence-corrected chi connectivity index (χ3v) is 2.81. The summed E-state index contributed by atoms with van der Waals surface area (Å²) in [5.74, 6) is 0.101. The quantitative estimate of drug-likeness (QED) is 0.706. The highest BCUT2D eigenvalue weighted by atomic mass is 16.5. The lowest BCUT2D eigenvalue weighted by atomic mass is 10.1. The van der Waals surface area contributed by atoms with Gasteiger partial charge in [0.05, 0.1) is 6.10 Å². The summed E-state index contributed by atoms with van der Waals surface area (Å²) in [7, 11) is 1.64. The maximum absolute atomic E-state index is 11.5. The van der Waals surface area contributed by atoms with Crippen molar-refractivity contribution in [1.82, 2.24) is 10.6 Å². The number of methoxy groups -OCH3 is 1. The van der Waals surface area contributed by atoms with E-state index in [1.54, 1.807) is 7.11 Å². The highest BCUT2D eigenvalue weighted by Gasteiger charge is 2.19. The van der Waals surface area contributed by atoms with Crippen LogP contribution in [0, 0.1) is 0 Å². The number of amides is 2. The smallest absolute Gasteiger partial charge is 0.220 e. The van der Waals surface area contributed by atoms with Gasteiger partial charge in [-0.2, -0.15) is 0 Å². The lowest BCUT2D eigenvalue weighted by Gasteiger charge is -2.23. The molecule has 2 atom stereocenters. The van der Waals surface area contributed by atoms with Crippen molar-refractivity contribution in [1.29, 1.82) is 0 Å². The fraction of sp³-hybridized carbons (Fsp3) is 0.818. The minimum atomic E-state index is 0.0325. The van der Waals surface area contributed by atoms with Crippen LogP contribution in [0.15, 0.2) is 0 Å². The number of ether oxygens (including phenoxy) is 1. The fourth-order valence-corrected chi connectivity index (χ4v) is 1.61. The molecule has 5 heteroatoms. The number of nitrogens with one attached hydrogen (secondary N) is 2. The molecule has 1 saturated heterocycles. The Morgan fingerprint density at radius 1 is 1.69 bits per heavy atom. The molecule has 2 N–H and O–H groups in total. The van der Waals surface area contributed by atoms with Gasteiger partial charge in [-0.05, 0) is 19.8 Å². The van der Waals surface area contributed by atoms with E-state index in [9.17, 15) is 9.59 Å². The SMILES string of the molecule is COC(C)CCC(=O)NC1CCC(=O)NC1. The van der Waals surface area contributed by atoms with Gasteiger partial charge in [-0.1, -0.05) is 0 Å². The zero-order valence-electron chi connectivity index (χ0n) is 9.91. The van der Waals surface area contributed by atoms with Gasteiger partial charge in [0.25, 0.3) is 0 Å². The van der Waals surface area contributed by atoms with Gasteiger partial charge in [0, 0.05) is 32.5 Å². The Balaban J connectivity index is 2.16. The summed E-state index contributed by atoms with van der Waals surface area (Å²) < 4.78 is 5.07. The van der Waals surface area contributed by atoms with Crippen LogP contribution >= 0.6 is 0 Å². The topological polar surface area (TPSA) is 67.4 Å². The molecule has 0 radical (unpaired) electrons. The van der Waals surface area contributed by atoms with Crippen molar-refractivity contribution in [2.24, 2.45) is 0 Å². The van der Waals surface area contributed by atoms with E-state index in [2.05, 4.69) is 10.6 Å². The van der Waals surface area contributed by atoms with E-state index in [0.29, 0.717) is 19.4 Å². The summed E-state index contributed by atoms with van der Waals surface area (Å²) in [5.41, 5.74) is 0. The van der Waals surface area contributed by atoms with E-state index in [-0.39, 0.29) is 24.0 Å². The Labute approximate surface area is 95.9 Å². The molecule has 1 fully saturated rings. The first-order chi connectivity index (χ1) is 7.61. The molecule has 2 amide bonds. The van der Waals surface area contributed by atoms with Gasteiger partial charge in [0.2, 0.25) is 11.8 Å². The molecule has 1 aliphatic heterocycles. The maximum atomic E-state index is 11.5. The van der Waals surface area contributed by atoms with Gasteiger partial charge in [-0.25, -0.2) is 0 Å². The summed E-state index contributed by atoms with van der Waals surface area (Å²) in [6.45, 7) is 2.48. The fourth-order valence-electron chi connectivity index (χ4n) is 1.61. The van der Waals surface area contributed by atoms with Gasteiger partial charge in [-0.15, -0.1) is 0 Å². The maximum Gasteiger partial charge on any atom is 0.220 e. The minimum absolute atomic E-state index is 0.0325. The normalized spacial score (nSPS) is 22.4. The average Bonchev–Trinajstić information content (AvgIpc) is 2.29. The molecule has 1 aliphatic rings. The standard InChI is InChI=1S/C11H20N2O3/c1-8(16-2)3-5-11(15)13-9-4-6-10(14)12-7-9/h8-9H,3-7H2,1-2H3,(H,12,14)(H,13,15). The number of hydrogen-bond acceptors (Lipinski definition) is 3. The molecule has 1 heterocycles. The lowest BCUT2D eigenvalue weighted by molar-refractivity contribution is -0.126. The van der Waals surface area contributed by atoms with Crippen LogP contribution in [-0.4, -0.2) is 37.6 Å². The molecule has 1 rings (SSSR count). The Kier molecular flexibility index (Phi) is 5.25. The molecular formula is C11H20N2O3. The largest absolute Gasteiger partial charge is 0.382 e. The molecular weight excluding hydrogens is 208 g/mol. The molecule has 16 heavy (non-hydrogen) atoms. The third-order valence-electron chi connectivity index (χ3n) is 2.81. The van der Waals surface area contributed by atoms with Gasteiger partial charge < -0.3 is 15.4 Å². The van der Waals surface area contributed by atoms with Crippen molar-refractivity contribution in [2.45, 2.75) is 44.8 Å². The van der Waals surface area contributed by atoms with Crippen LogP contribution in [0.4, 0.5) is 0 Å². The highest BCUT2D eigenvalue weighted by molar-refractivity contribution is 5.78. The predicted molar refractivity (Wildman–Crippen MR) is 59.9 cm³/mol. The average molecular weight is 228 g/mol. The van der Waals surface area contributed by atoms with E-state index in [1.807, 2.05) is 6.92 Å². The number of piperidine rings is 1. The van der Waals surface area contributed by atoms with Crippen LogP contribution in [0.2, 0.25) is 0 Å². The van der Waals surface area contributed by atoms with Crippen molar-refractivity contribution in [2.75, 3.05) is 13.7 Å². The second-order valence-corrected chi connectivity index (χ2v) is 4.19. The Bertz CT molecular complexity index is 246. The van der Waals surface area contributed by atoms with E-state index in [0.717, 1.165) is 12.8 Å². The lowest BCUT2D eigenvalue weighted by Crippen LogP contribution is -2.47. The number of rotatable bonds is 5. The Morgan fingerprint density at radius 3 is 3.00 bits per heavy atom. The first-order valence-electron chi connectivity index (χ1n) is 5.70. The zero-order valence-corrected chi connectivity index (χ0v) is 9.91. The molecule has 0 aromatic rings. The van der Waals surface area contributed by atoms with E-state index < -0.39 is 0 Å². The number of carbonyl (C=O) groups is 2. The molecule has 92 valence electrons. The molecule has 0 aliphatic carbocycles. The Morgan fingerprint density at radius 2 is 2.44 bits per heavy atom. The number of hydrogen-bond donors (Lipinski definition) is 2. The van der Waals surface area contributed by atoms with Gasteiger partial charge >= 0.3 is 0 Å². The van der Waals surface area contributed by atoms with E-state index in [4.69, 9.17) is 4.74 Å². The molecule has 2 unspecified atom stereocenters. The summed E-state index contributed by atoms with van der Waals surface area (Å²) >= 11 is 0.